The third-order valence-corrected chi connectivity index (χ3v) is 6.66. The Morgan fingerprint density at radius 3 is 3.05 bits per heavy atom. The summed E-state index contributed by atoms with van der Waals surface area (Å²) in [6, 6.07) is 4.02. The van der Waals surface area contributed by atoms with Crippen molar-refractivity contribution in [1.82, 2.24) is 10.6 Å². The number of aromatic hydroxyl groups is 1. The summed E-state index contributed by atoms with van der Waals surface area (Å²) in [6.07, 6.45) is 3.21. The first-order valence-corrected chi connectivity index (χ1v) is 8.27. The molecule has 2 aliphatic heterocycles. The standard InChI is InChI=1S/C17H22N2O3/c1-18-10-4-5-17(21)12-8-9-2-3-11(20)14-13(9)16(17,6-7-19-12)15(10)22-14/h2-3,10,12,15,18-21H,4-8H2,1H3/t10-,12-,15+,16+,17-/m1/s1. The Morgan fingerprint density at radius 1 is 1.36 bits per heavy atom. The Hall–Kier alpha value is -1.30. The van der Waals surface area contributed by atoms with E-state index in [1.807, 2.05) is 13.1 Å². The van der Waals surface area contributed by atoms with E-state index in [4.69, 9.17) is 4.74 Å². The second kappa shape index (κ2) is 3.96. The van der Waals surface area contributed by atoms with Crippen molar-refractivity contribution < 1.29 is 14.9 Å². The summed E-state index contributed by atoms with van der Waals surface area (Å²) in [7, 11) is 1.96. The van der Waals surface area contributed by atoms with Crippen LogP contribution in [0, 0.1) is 0 Å². The number of ether oxygens (including phenoxy) is 1. The van der Waals surface area contributed by atoms with Gasteiger partial charge in [-0.15, -0.1) is 0 Å². The molecule has 118 valence electrons. The van der Waals surface area contributed by atoms with Crippen LogP contribution in [0.5, 0.6) is 11.5 Å². The number of phenols is 1. The number of nitrogens with one attached hydrogen (secondary N) is 2. The number of phenolic OH excluding ortho intramolecular Hbond substituents is 1. The number of likely N-dealkylation sites (N-methyl/N-ethyl adjacent to an activating group) is 1. The Bertz CT molecular complexity index is 664. The fraction of sp³-hybridized carbons (Fsp3) is 0.647. The Kier molecular flexibility index (Phi) is 2.37. The molecule has 1 aromatic rings. The van der Waals surface area contributed by atoms with Gasteiger partial charge < -0.3 is 25.6 Å². The number of aliphatic hydroxyl groups is 1. The van der Waals surface area contributed by atoms with Crippen LogP contribution in [0.3, 0.4) is 0 Å². The van der Waals surface area contributed by atoms with Gasteiger partial charge in [-0.25, -0.2) is 0 Å². The predicted octanol–water partition coefficient (Wildman–Crippen LogP) is 0.422. The van der Waals surface area contributed by atoms with E-state index in [2.05, 4.69) is 10.6 Å². The highest BCUT2D eigenvalue weighted by atomic mass is 16.5. The number of benzene rings is 1. The lowest BCUT2D eigenvalue weighted by Gasteiger charge is -2.61. The molecule has 4 aliphatic rings. The van der Waals surface area contributed by atoms with Gasteiger partial charge in [0, 0.05) is 17.6 Å². The van der Waals surface area contributed by atoms with Crippen LogP contribution < -0.4 is 15.4 Å². The molecule has 5 atom stereocenters. The van der Waals surface area contributed by atoms with E-state index in [-0.39, 0.29) is 23.9 Å². The van der Waals surface area contributed by atoms with Gasteiger partial charge in [0.2, 0.25) is 0 Å². The quantitative estimate of drug-likeness (QED) is 0.605. The first-order valence-electron chi connectivity index (χ1n) is 8.27. The Balaban J connectivity index is 1.83. The summed E-state index contributed by atoms with van der Waals surface area (Å²) in [5.41, 5.74) is 1.12. The van der Waals surface area contributed by atoms with Crippen molar-refractivity contribution in [2.75, 3.05) is 13.6 Å². The van der Waals surface area contributed by atoms with Crippen molar-refractivity contribution in [2.45, 2.75) is 54.9 Å². The molecule has 1 spiro atoms. The summed E-state index contributed by atoms with van der Waals surface area (Å²) in [4.78, 5) is 0. The zero-order valence-corrected chi connectivity index (χ0v) is 12.7. The molecule has 1 aromatic carbocycles. The fourth-order valence-corrected chi connectivity index (χ4v) is 5.74. The molecule has 4 N–H and O–H groups in total. The van der Waals surface area contributed by atoms with Crippen molar-refractivity contribution in [3.8, 4) is 11.5 Å². The van der Waals surface area contributed by atoms with Crippen LogP contribution in [-0.4, -0.2) is 47.6 Å². The van der Waals surface area contributed by atoms with Gasteiger partial charge in [0.15, 0.2) is 11.5 Å². The zero-order chi connectivity index (χ0) is 15.1. The Morgan fingerprint density at radius 2 is 2.23 bits per heavy atom. The minimum absolute atomic E-state index is 0.0770. The number of rotatable bonds is 1. The van der Waals surface area contributed by atoms with Gasteiger partial charge in [-0.2, -0.15) is 0 Å². The maximum absolute atomic E-state index is 11.7. The predicted molar refractivity (Wildman–Crippen MR) is 81.3 cm³/mol. The molecule has 0 amide bonds. The molecule has 22 heavy (non-hydrogen) atoms. The lowest BCUT2D eigenvalue weighted by molar-refractivity contribution is -0.157. The van der Waals surface area contributed by atoms with Crippen molar-refractivity contribution in [1.29, 1.82) is 0 Å². The van der Waals surface area contributed by atoms with Crippen molar-refractivity contribution in [2.24, 2.45) is 0 Å². The minimum Gasteiger partial charge on any atom is -0.504 e. The third kappa shape index (κ3) is 1.21. The van der Waals surface area contributed by atoms with E-state index >= 15 is 0 Å². The Labute approximate surface area is 129 Å². The molecule has 0 radical (unpaired) electrons. The first-order chi connectivity index (χ1) is 10.6. The first kappa shape index (κ1) is 13.2. The maximum atomic E-state index is 11.7. The molecule has 2 fully saturated rings. The van der Waals surface area contributed by atoms with E-state index in [1.165, 1.54) is 5.56 Å². The van der Waals surface area contributed by atoms with Gasteiger partial charge in [0.1, 0.15) is 6.10 Å². The van der Waals surface area contributed by atoms with Crippen LogP contribution in [0.15, 0.2) is 12.1 Å². The summed E-state index contributed by atoms with van der Waals surface area (Å²) in [6.45, 7) is 0.887. The van der Waals surface area contributed by atoms with Gasteiger partial charge in [-0.3, -0.25) is 0 Å². The highest BCUT2D eigenvalue weighted by molar-refractivity contribution is 5.62. The smallest absolute Gasteiger partial charge is 0.165 e. The van der Waals surface area contributed by atoms with Crippen LogP contribution in [-0.2, 0) is 11.8 Å². The average molecular weight is 302 g/mol. The summed E-state index contributed by atoms with van der Waals surface area (Å²) in [5, 5.41) is 28.9. The highest BCUT2D eigenvalue weighted by Gasteiger charge is 2.71. The molecule has 5 heteroatoms. The van der Waals surface area contributed by atoms with Crippen LogP contribution in [0.4, 0.5) is 0 Å². The van der Waals surface area contributed by atoms with Gasteiger partial charge in [-0.1, -0.05) is 6.07 Å². The molecular formula is C17H22N2O3. The number of hydrogen-bond donors (Lipinski definition) is 4. The van der Waals surface area contributed by atoms with Gasteiger partial charge >= 0.3 is 0 Å². The lowest BCUT2D eigenvalue weighted by atomic mass is 9.49. The SMILES string of the molecule is CN[C@@H]1CC[C@@]2(O)[C@H]3Cc4ccc(O)c5c4[C@@]2(CCN3)[C@H]1O5. The molecule has 1 saturated heterocycles. The molecule has 5 rings (SSSR count). The highest BCUT2D eigenvalue weighted by Crippen LogP contribution is 2.64. The van der Waals surface area contributed by atoms with Gasteiger partial charge in [0.25, 0.3) is 0 Å². The summed E-state index contributed by atoms with van der Waals surface area (Å²) >= 11 is 0. The van der Waals surface area contributed by atoms with E-state index in [9.17, 15) is 10.2 Å². The minimum atomic E-state index is -0.782. The van der Waals surface area contributed by atoms with Crippen LogP contribution in [0.25, 0.3) is 0 Å². The average Bonchev–Trinajstić information content (AvgIpc) is 2.84. The van der Waals surface area contributed by atoms with Crippen LogP contribution in [0.2, 0.25) is 0 Å². The second-order valence-corrected chi connectivity index (χ2v) is 7.28. The van der Waals surface area contributed by atoms with E-state index in [1.54, 1.807) is 6.07 Å². The second-order valence-electron chi connectivity index (χ2n) is 7.28. The molecular weight excluding hydrogens is 280 g/mol. The van der Waals surface area contributed by atoms with Crippen LogP contribution in [0.1, 0.15) is 30.4 Å². The molecule has 2 heterocycles. The molecule has 0 aromatic heterocycles. The summed E-state index contributed by atoms with van der Waals surface area (Å²) in [5.74, 6) is 0.820. The number of hydrogen-bond acceptors (Lipinski definition) is 5. The molecule has 2 aliphatic carbocycles. The van der Waals surface area contributed by atoms with E-state index in [0.717, 1.165) is 37.8 Å². The van der Waals surface area contributed by atoms with Gasteiger partial charge in [0.05, 0.1) is 11.0 Å². The topological polar surface area (TPSA) is 73.8 Å². The zero-order valence-electron chi connectivity index (χ0n) is 12.7. The number of piperidine rings is 1. The molecule has 2 bridgehead atoms. The van der Waals surface area contributed by atoms with Crippen molar-refractivity contribution >= 4 is 0 Å². The van der Waals surface area contributed by atoms with Crippen LogP contribution >= 0.6 is 0 Å². The van der Waals surface area contributed by atoms with Crippen molar-refractivity contribution in [3.05, 3.63) is 23.3 Å². The van der Waals surface area contributed by atoms with E-state index in [0.29, 0.717) is 5.75 Å². The van der Waals surface area contributed by atoms with E-state index < -0.39 is 11.0 Å². The molecule has 0 unspecified atom stereocenters. The van der Waals surface area contributed by atoms with Gasteiger partial charge in [-0.05, 0) is 50.9 Å². The third-order valence-electron chi connectivity index (χ3n) is 6.66. The summed E-state index contributed by atoms with van der Waals surface area (Å²) < 4.78 is 6.28. The fourth-order valence-electron chi connectivity index (χ4n) is 5.74. The normalized spacial score (nSPS) is 44.4. The molecule has 5 nitrogen and oxygen atoms in total. The van der Waals surface area contributed by atoms with Crippen molar-refractivity contribution in [3.63, 3.8) is 0 Å². The maximum Gasteiger partial charge on any atom is 0.165 e. The molecule has 1 saturated carbocycles. The monoisotopic (exact) mass is 302 g/mol. The lowest BCUT2D eigenvalue weighted by Crippen LogP contribution is -2.77. The largest absolute Gasteiger partial charge is 0.504 e.